The number of benzene rings is 3. The third kappa shape index (κ3) is 5.56. The van der Waals surface area contributed by atoms with Crippen LogP contribution < -0.4 is 24.3 Å². The standard InChI is InChI=1S/C29H31N3O6/c1-18(33)19-6-9-21(10-7-19)30-17-29(34)32-25(23-12-11-22(35-2)15-27(23)37-4)16-24(31-32)20-8-13-26(36-3)28(14-20)38-5/h6-15,25,30H,16-17H2,1-5H3. The van der Waals surface area contributed by atoms with E-state index in [1.54, 1.807) is 58.8 Å². The van der Waals surface area contributed by atoms with Gasteiger partial charge in [-0.3, -0.25) is 9.59 Å². The Labute approximate surface area is 222 Å². The monoisotopic (exact) mass is 517 g/mol. The number of ketones is 1. The van der Waals surface area contributed by atoms with Gasteiger partial charge in [0.2, 0.25) is 0 Å². The van der Waals surface area contributed by atoms with Crippen LogP contribution in [0.5, 0.6) is 23.0 Å². The number of hydrogen-bond donors (Lipinski definition) is 1. The number of amides is 1. The highest BCUT2D eigenvalue weighted by Crippen LogP contribution is 2.40. The number of rotatable bonds is 10. The van der Waals surface area contributed by atoms with Crippen LogP contribution in [0.2, 0.25) is 0 Å². The Bertz CT molecular complexity index is 1350. The first-order valence-electron chi connectivity index (χ1n) is 12.1. The van der Waals surface area contributed by atoms with Gasteiger partial charge in [-0.1, -0.05) is 0 Å². The lowest BCUT2D eigenvalue weighted by molar-refractivity contribution is -0.131. The topological polar surface area (TPSA) is 98.7 Å². The molecule has 3 aromatic carbocycles. The molecule has 0 fully saturated rings. The maximum absolute atomic E-state index is 13.5. The maximum Gasteiger partial charge on any atom is 0.262 e. The minimum Gasteiger partial charge on any atom is -0.497 e. The number of anilines is 1. The second-order valence-corrected chi connectivity index (χ2v) is 8.67. The summed E-state index contributed by atoms with van der Waals surface area (Å²) in [6.07, 6.45) is 0.469. The van der Waals surface area contributed by atoms with E-state index in [1.165, 1.54) is 11.9 Å². The smallest absolute Gasteiger partial charge is 0.262 e. The highest BCUT2D eigenvalue weighted by molar-refractivity contribution is 6.04. The number of nitrogens with one attached hydrogen (secondary N) is 1. The van der Waals surface area contributed by atoms with Gasteiger partial charge in [0.1, 0.15) is 11.5 Å². The Hall–Kier alpha value is -4.53. The zero-order valence-electron chi connectivity index (χ0n) is 22.1. The quantitative estimate of drug-likeness (QED) is 0.389. The molecule has 1 aliphatic rings. The SMILES string of the molecule is COc1ccc(C2CC(c3ccc(OC)c(OC)c3)=NN2C(=O)CNc2ccc(C(C)=O)cc2)c(OC)c1. The number of Topliss-reactive ketones (excluding diaryl/α,β-unsaturated/α-hetero) is 1. The van der Waals surface area contributed by atoms with E-state index in [-0.39, 0.29) is 18.2 Å². The molecular formula is C29H31N3O6. The van der Waals surface area contributed by atoms with Crippen molar-refractivity contribution >= 4 is 23.1 Å². The Morgan fingerprint density at radius 2 is 1.58 bits per heavy atom. The Morgan fingerprint density at radius 1 is 0.868 bits per heavy atom. The molecule has 0 saturated heterocycles. The molecule has 1 aliphatic heterocycles. The van der Waals surface area contributed by atoms with Crippen LogP contribution in [0.1, 0.15) is 40.9 Å². The van der Waals surface area contributed by atoms with E-state index in [0.29, 0.717) is 35.0 Å². The summed E-state index contributed by atoms with van der Waals surface area (Å²) in [5.41, 5.74) is 3.70. The van der Waals surface area contributed by atoms with Crippen molar-refractivity contribution in [3.05, 3.63) is 77.4 Å². The molecule has 1 unspecified atom stereocenters. The molecule has 9 heteroatoms. The van der Waals surface area contributed by atoms with Gasteiger partial charge in [0, 0.05) is 34.9 Å². The van der Waals surface area contributed by atoms with E-state index in [0.717, 1.165) is 22.5 Å². The number of ether oxygens (including phenoxy) is 4. The Kier molecular flexibility index (Phi) is 8.15. The van der Waals surface area contributed by atoms with Gasteiger partial charge < -0.3 is 24.3 Å². The summed E-state index contributed by atoms with van der Waals surface area (Å²) >= 11 is 0. The summed E-state index contributed by atoms with van der Waals surface area (Å²) in [7, 11) is 6.33. The van der Waals surface area contributed by atoms with Gasteiger partial charge in [-0.2, -0.15) is 5.10 Å². The van der Waals surface area contributed by atoms with Crippen molar-refractivity contribution in [3.63, 3.8) is 0 Å². The first kappa shape index (κ1) is 26.5. The van der Waals surface area contributed by atoms with E-state index >= 15 is 0 Å². The van der Waals surface area contributed by atoms with E-state index in [2.05, 4.69) is 5.32 Å². The molecule has 4 rings (SSSR count). The Balaban J connectivity index is 1.64. The van der Waals surface area contributed by atoms with E-state index in [4.69, 9.17) is 24.0 Å². The number of methoxy groups -OCH3 is 4. The van der Waals surface area contributed by atoms with Gasteiger partial charge in [-0.25, -0.2) is 5.01 Å². The summed E-state index contributed by atoms with van der Waals surface area (Å²) in [6, 6.07) is 17.7. The minimum atomic E-state index is -0.395. The first-order chi connectivity index (χ1) is 18.4. The second kappa shape index (κ2) is 11.7. The maximum atomic E-state index is 13.5. The van der Waals surface area contributed by atoms with Crippen molar-refractivity contribution in [1.82, 2.24) is 5.01 Å². The second-order valence-electron chi connectivity index (χ2n) is 8.67. The molecule has 0 aromatic heterocycles. The summed E-state index contributed by atoms with van der Waals surface area (Å²) in [6.45, 7) is 1.53. The molecule has 0 saturated carbocycles. The lowest BCUT2D eigenvalue weighted by Crippen LogP contribution is -2.32. The molecule has 198 valence electrons. The van der Waals surface area contributed by atoms with Crippen LogP contribution in [0.25, 0.3) is 0 Å². The average molecular weight is 518 g/mol. The molecule has 1 heterocycles. The largest absolute Gasteiger partial charge is 0.497 e. The fourth-order valence-electron chi connectivity index (χ4n) is 4.35. The van der Waals surface area contributed by atoms with Crippen molar-refractivity contribution in [3.8, 4) is 23.0 Å². The summed E-state index contributed by atoms with van der Waals surface area (Å²) in [5, 5.41) is 9.38. The van der Waals surface area contributed by atoms with Crippen LogP contribution in [0.4, 0.5) is 5.69 Å². The predicted octanol–water partition coefficient (Wildman–Crippen LogP) is 4.71. The number of nitrogens with zero attached hydrogens (tertiary/aromatic N) is 2. The fraction of sp³-hybridized carbons (Fsp3) is 0.276. The van der Waals surface area contributed by atoms with Gasteiger partial charge >= 0.3 is 0 Å². The molecule has 0 spiro atoms. The number of carbonyl (C=O) groups is 2. The molecule has 0 radical (unpaired) electrons. The fourth-order valence-corrected chi connectivity index (χ4v) is 4.35. The first-order valence-corrected chi connectivity index (χ1v) is 12.1. The lowest BCUT2D eigenvalue weighted by atomic mass is 9.97. The third-order valence-corrected chi connectivity index (χ3v) is 6.42. The van der Waals surface area contributed by atoms with E-state index in [9.17, 15) is 9.59 Å². The van der Waals surface area contributed by atoms with Crippen LogP contribution in [0.3, 0.4) is 0 Å². The van der Waals surface area contributed by atoms with Gasteiger partial charge in [0.05, 0.1) is 46.7 Å². The van der Waals surface area contributed by atoms with Gasteiger partial charge in [-0.05, 0) is 61.5 Å². The highest BCUT2D eigenvalue weighted by atomic mass is 16.5. The van der Waals surface area contributed by atoms with Crippen LogP contribution in [-0.4, -0.2) is 57.4 Å². The minimum absolute atomic E-state index is 0.0110. The van der Waals surface area contributed by atoms with Crippen molar-refractivity contribution < 1.29 is 28.5 Å². The Morgan fingerprint density at radius 3 is 2.21 bits per heavy atom. The van der Waals surface area contributed by atoms with Crippen LogP contribution >= 0.6 is 0 Å². The van der Waals surface area contributed by atoms with E-state index in [1.807, 2.05) is 30.3 Å². The molecule has 1 N–H and O–H groups in total. The van der Waals surface area contributed by atoms with E-state index < -0.39 is 6.04 Å². The molecule has 3 aromatic rings. The zero-order chi connectivity index (χ0) is 27.2. The molecule has 1 amide bonds. The molecule has 0 aliphatic carbocycles. The molecular weight excluding hydrogens is 486 g/mol. The predicted molar refractivity (Wildman–Crippen MR) is 145 cm³/mol. The summed E-state index contributed by atoms with van der Waals surface area (Å²) in [4.78, 5) is 25.0. The van der Waals surface area contributed by atoms with Gasteiger partial charge in [-0.15, -0.1) is 0 Å². The highest BCUT2D eigenvalue weighted by Gasteiger charge is 2.35. The molecule has 9 nitrogen and oxygen atoms in total. The summed E-state index contributed by atoms with van der Waals surface area (Å²) in [5.74, 6) is 2.20. The van der Waals surface area contributed by atoms with Gasteiger partial charge in [0.15, 0.2) is 17.3 Å². The lowest BCUT2D eigenvalue weighted by Gasteiger charge is -2.24. The number of carbonyl (C=O) groups excluding carboxylic acids is 2. The van der Waals surface area contributed by atoms with Crippen molar-refractivity contribution in [2.45, 2.75) is 19.4 Å². The van der Waals surface area contributed by atoms with Crippen LogP contribution in [0.15, 0.2) is 65.8 Å². The normalized spacial score (nSPS) is 14.5. The van der Waals surface area contributed by atoms with Crippen LogP contribution in [-0.2, 0) is 4.79 Å². The van der Waals surface area contributed by atoms with Crippen molar-refractivity contribution in [2.75, 3.05) is 40.3 Å². The van der Waals surface area contributed by atoms with Crippen LogP contribution in [0, 0.1) is 0 Å². The number of hydrazone groups is 1. The molecule has 1 atom stereocenters. The zero-order valence-corrected chi connectivity index (χ0v) is 22.1. The van der Waals surface area contributed by atoms with Gasteiger partial charge in [0.25, 0.3) is 5.91 Å². The third-order valence-electron chi connectivity index (χ3n) is 6.42. The molecule has 38 heavy (non-hydrogen) atoms. The molecule has 0 bridgehead atoms. The average Bonchev–Trinajstić information content (AvgIpc) is 3.40. The number of hydrogen-bond acceptors (Lipinski definition) is 8. The van der Waals surface area contributed by atoms with Crippen molar-refractivity contribution in [2.24, 2.45) is 5.10 Å². The van der Waals surface area contributed by atoms with Crippen molar-refractivity contribution in [1.29, 1.82) is 0 Å². The summed E-state index contributed by atoms with van der Waals surface area (Å²) < 4.78 is 21.8.